The molecule has 0 aliphatic carbocycles. The normalized spacial score (nSPS) is 11.9. The van der Waals surface area contributed by atoms with E-state index in [-0.39, 0.29) is 17.6 Å². The van der Waals surface area contributed by atoms with E-state index in [9.17, 15) is 9.18 Å². The van der Waals surface area contributed by atoms with Crippen LogP contribution in [0.2, 0.25) is 0 Å². The van der Waals surface area contributed by atoms with Gasteiger partial charge < -0.3 is 5.32 Å². The largest absolute Gasteiger partial charge is 0.355 e. The van der Waals surface area contributed by atoms with Crippen LogP contribution in [0, 0.1) is 5.82 Å². The average molecular weight is 285 g/mol. The molecular weight excluding hydrogens is 265 g/mol. The third-order valence-corrected chi connectivity index (χ3v) is 3.55. The van der Waals surface area contributed by atoms with E-state index >= 15 is 0 Å². The van der Waals surface area contributed by atoms with Gasteiger partial charge in [0.2, 0.25) is 5.91 Å². The number of hydrogen-bond donors (Lipinski definition) is 1. The molecule has 0 bridgehead atoms. The molecule has 2 aromatic rings. The minimum atomic E-state index is -0.247. The van der Waals surface area contributed by atoms with Crippen LogP contribution in [0.5, 0.6) is 0 Å². The van der Waals surface area contributed by atoms with Crippen LogP contribution in [0.1, 0.15) is 30.4 Å². The minimum absolute atomic E-state index is 0.0407. The lowest BCUT2D eigenvalue weighted by Gasteiger charge is -2.13. The van der Waals surface area contributed by atoms with Crippen LogP contribution in [0.3, 0.4) is 0 Å². The molecule has 0 aromatic heterocycles. The Labute approximate surface area is 125 Å². The van der Waals surface area contributed by atoms with Crippen molar-refractivity contribution in [3.63, 3.8) is 0 Å². The number of benzene rings is 2. The first-order valence-corrected chi connectivity index (χ1v) is 7.22. The first-order valence-electron chi connectivity index (χ1n) is 7.22. The van der Waals surface area contributed by atoms with Crippen LogP contribution >= 0.6 is 0 Å². The van der Waals surface area contributed by atoms with Crippen molar-refractivity contribution in [2.75, 3.05) is 6.54 Å². The summed E-state index contributed by atoms with van der Waals surface area (Å²) in [6, 6.07) is 16.6. The SMILES string of the molecule is CC(CNC(=O)CCc1ccccc1F)c1ccccc1. The highest BCUT2D eigenvalue weighted by Gasteiger charge is 2.08. The van der Waals surface area contributed by atoms with Gasteiger partial charge in [-0.2, -0.15) is 0 Å². The van der Waals surface area contributed by atoms with E-state index in [2.05, 4.69) is 24.4 Å². The summed E-state index contributed by atoms with van der Waals surface area (Å²) < 4.78 is 13.4. The topological polar surface area (TPSA) is 29.1 Å². The van der Waals surface area contributed by atoms with Gasteiger partial charge in [-0.3, -0.25) is 4.79 Å². The Kier molecular flexibility index (Phi) is 5.50. The Morgan fingerprint density at radius 1 is 1.10 bits per heavy atom. The van der Waals surface area contributed by atoms with Gasteiger partial charge in [0.25, 0.3) is 0 Å². The van der Waals surface area contributed by atoms with Crippen molar-refractivity contribution < 1.29 is 9.18 Å². The van der Waals surface area contributed by atoms with Gasteiger partial charge in [-0.25, -0.2) is 4.39 Å². The van der Waals surface area contributed by atoms with Crippen LogP contribution in [-0.2, 0) is 11.2 Å². The summed E-state index contributed by atoms with van der Waals surface area (Å²) >= 11 is 0. The number of rotatable bonds is 6. The molecule has 2 rings (SSSR count). The van der Waals surface area contributed by atoms with Gasteiger partial charge in [0.15, 0.2) is 0 Å². The fourth-order valence-electron chi connectivity index (χ4n) is 2.20. The van der Waals surface area contributed by atoms with Gasteiger partial charge in [0, 0.05) is 13.0 Å². The molecule has 110 valence electrons. The number of carbonyl (C=O) groups excluding carboxylic acids is 1. The Morgan fingerprint density at radius 2 is 1.76 bits per heavy atom. The lowest BCUT2D eigenvalue weighted by molar-refractivity contribution is -0.121. The molecule has 0 heterocycles. The van der Waals surface area contributed by atoms with Crippen molar-refractivity contribution in [2.24, 2.45) is 0 Å². The van der Waals surface area contributed by atoms with E-state index in [1.165, 1.54) is 11.6 Å². The Balaban J connectivity index is 1.76. The van der Waals surface area contributed by atoms with Gasteiger partial charge in [-0.1, -0.05) is 55.5 Å². The molecule has 3 heteroatoms. The van der Waals surface area contributed by atoms with E-state index in [0.29, 0.717) is 24.9 Å². The highest BCUT2D eigenvalue weighted by molar-refractivity contribution is 5.76. The quantitative estimate of drug-likeness (QED) is 0.862. The van der Waals surface area contributed by atoms with E-state index < -0.39 is 0 Å². The molecule has 1 atom stereocenters. The maximum absolute atomic E-state index is 13.4. The molecule has 1 unspecified atom stereocenters. The Bertz CT molecular complexity index is 583. The highest BCUT2D eigenvalue weighted by Crippen LogP contribution is 2.13. The maximum Gasteiger partial charge on any atom is 0.220 e. The molecule has 1 amide bonds. The average Bonchev–Trinajstić information content (AvgIpc) is 2.52. The van der Waals surface area contributed by atoms with E-state index in [0.717, 1.165) is 0 Å². The van der Waals surface area contributed by atoms with Gasteiger partial charge in [-0.05, 0) is 29.5 Å². The highest BCUT2D eigenvalue weighted by atomic mass is 19.1. The Hall–Kier alpha value is -2.16. The fraction of sp³-hybridized carbons (Fsp3) is 0.278. The number of amides is 1. The number of nitrogens with one attached hydrogen (secondary N) is 1. The van der Waals surface area contributed by atoms with Crippen molar-refractivity contribution >= 4 is 5.91 Å². The smallest absolute Gasteiger partial charge is 0.220 e. The van der Waals surface area contributed by atoms with E-state index in [4.69, 9.17) is 0 Å². The zero-order chi connectivity index (χ0) is 15.1. The van der Waals surface area contributed by atoms with E-state index in [1.807, 2.05) is 18.2 Å². The lowest BCUT2D eigenvalue weighted by atomic mass is 10.0. The standard InChI is InChI=1S/C18H20FNO/c1-14(15-7-3-2-4-8-15)13-20-18(21)12-11-16-9-5-6-10-17(16)19/h2-10,14H,11-13H2,1H3,(H,20,21). The number of carbonyl (C=O) groups is 1. The van der Waals surface area contributed by atoms with Crippen LogP contribution in [0.15, 0.2) is 54.6 Å². The maximum atomic E-state index is 13.4. The molecule has 0 spiro atoms. The number of aryl methyl sites for hydroxylation is 1. The lowest BCUT2D eigenvalue weighted by Crippen LogP contribution is -2.27. The van der Waals surface area contributed by atoms with Crippen molar-refractivity contribution in [3.8, 4) is 0 Å². The summed E-state index contributed by atoms with van der Waals surface area (Å²) in [5.74, 6) is -0.0207. The predicted octanol–water partition coefficient (Wildman–Crippen LogP) is 3.68. The fourth-order valence-corrected chi connectivity index (χ4v) is 2.20. The van der Waals surface area contributed by atoms with Crippen LogP contribution in [0.4, 0.5) is 4.39 Å². The van der Waals surface area contributed by atoms with Crippen molar-refractivity contribution in [1.82, 2.24) is 5.32 Å². The second kappa shape index (κ2) is 7.58. The Morgan fingerprint density at radius 3 is 2.48 bits per heavy atom. The summed E-state index contributed by atoms with van der Waals surface area (Å²) in [7, 11) is 0. The molecule has 21 heavy (non-hydrogen) atoms. The second-order valence-corrected chi connectivity index (χ2v) is 5.21. The molecule has 1 N–H and O–H groups in total. The first-order chi connectivity index (χ1) is 10.2. The van der Waals surface area contributed by atoms with Gasteiger partial charge in [-0.15, -0.1) is 0 Å². The molecule has 0 radical (unpaired) electrons. The van der Waals surface area contributed by atoms with Gasteiger partial charge in [0.1, 0.15) is 5.82 Å². The van der Waals surface area contributed by atoms with Gasteiger partial charge >= 0.3 is 0 Å². The molecule has 0 aliphatic rings. The molecule has 0 saturated carbocycles. The van der Waals surface area contributed by atoms with Gasteiger partial charge in [0.05, 0.1) is 0 Å². The van der Waals surface area contributed by atoms with E-state index in [1.54, 1.807) is 18.2 Å². The number of hydrogen-bond acceptors (Lipinski definition) is 1. The molecule has 0 fully saturated rings. The minimum Gasteiger partial charge on any atom is -0.355 e. The molecule has 2 aromatic carbocycles. The zero-order valence-corrected chi connectivity index (χ0v) is 12.2. The molecule has 0 saturated heterocycles. The second-order valence-electron chi connectivity index (χ2n) is 5.21. The number of halogens is 1. The summed E-state index contributed by atoms with van der Waals surface area (Å²) in [5, 5.41) is 2.91. The van der Waals surface area contributed by atoms with Crippen LogP contribution < -0.4 is 5.32 Å². The third kappa shape index (κ3) is 4.71. The summed E-state index contributed by atoms with van der Waals surface area (Å²) in [6.45, 7) is 2.67. The van der Waals surface area contributed by atoms with Crippen molar-refractivity contribution in [1.29, 1.82) is 0 Å². The molecule has 2 nitrogen and oxygen atoms in total. The summed E-state index contributed by atoms with van der Waals surface area (Å²) in [5.41, 5.74) is 1.79. The third-order valence-electron chi connectivity index (χ3n) is 3.55. The van der Waals surface area contributed by atoms with Crippen LogP contribution in [-0.4, -0.2) is 12.5 Å². The first kappa shape index (κ1) is 15.2. The molecule has 0 aliphatic heterocycles. The van der Waals surface area contributed by atoms with Crippen LogP contribution in [0.25, 0.3) is 0 Å². The molecular formula is C18H20FNO. The summed E-state index contributed by atoms with van der Waals surface area (Å²) in [4.78, 5) is 11.8. The predicted molar refractivity (Wildman–Crippen MR) is 82.6 cm³/mol. The van der Waals surface area contributed by atoms with Crippen molar-refractivity contribution in [2.45, 2.75) is 25.7 Å². The van der Waals surface area contributed by atoms with Crippen molar-refractivity contribution in [3.05, 3.63) is 71.5 Å². The summed E-state index contributed by atoms with van der Waals surface area (Å²) in [6.07, 6.45) is 0.737. The monoisotopic (exact) mass is 285 g/mol. The zero-order valence-electron chi connectivity index (χ0n) is 12.2.